The predicted molar refractivity (Wildman–Crippen MR) is 114 cm³/mol. The van der Waals surface area contributed by atoms with Crippen molar-refractivity contribution < 1.29 is 4.79 Å². The largest absolute Gasteiger partial charge is 0.323 e. The van der Waals surface area contributed by atoms with Crippen LogP contribution in [0.15, 0.2) is 72.0 Å². The molecule has 2 aromatic carbocycles. The number of anilines is 1. The van der Waals surface area contributed by atoms with Gasteiger partial charge in [0.25, 0.3) is 0 Å². The fourth-order valence-electron chi connectivity index (χ4n) is 2.84. The topological polar surface area (TPSA) is 59.8 Å². The lowest BCUT2D eigenvalue weighted by Crippen LogP contribution is -2.15. The molecule has 0 spiro atoms. The Kier molecular flexibility index (Phi) is 5.32. The molecule has 0 unspecified atom stereocenters. The van der Waals surface area contributed by atoms with Gasteiger partial charge < -0.3 is 5.32 Å². The molecule has 0 atom stereocenters. The molecule has 1 amide bonds. The van der Waals surface area contributed by atoms with Gasteiger partial charge in [-0.25, -0.2) is 9.97 Å². The van der Waals surface area contributed by atoms with E-state index in [2.05, 4.69) is 46.1 Å². The summed E-state index contributed by atoms with van der Waals surface area (Å²) < 4.78 is 2.07. The Bertz CT molecular complexity index is 1140. The van der Waals surface area contributed by atoms with Crippen LogP contribution in [0.3, 0.4) is 0 Å². The van der Waals surface area contributed by atoms with Crippen molar-refractivity contribution in [2.45, 2.75) is 12.1 Å². The molecule has 2 heterocycles. The van der Waals surface area contributed by atoms with Crippen LogP contribution in [0.1, 0.15) is 5.56 Å². The Morgan fingerprint density at radius 3 is 2.68 bits per heavy atom. The van der Waals surface area contributed by atoms with Gasteiger partial charge in [0.1, 0.15) is 0 Å². The first-order valence-corrected chi connectivity index (χ1v) is 10.1. The van der Waals surface area contributed by atoms with Crippen LogP contribution in [0, 0.1) is 6.92 Å². The van der Waals surface area contributed by atoms with Crippen molar-refractivity contribution in [2.24, 2.45) is 0 Å². The fraction of sp³-hybridized carbons (Fsp3) is 0.0952. The van der Waals surface area contributed by atoms with Crippen molar-refractivity contribution in [3.05, 3.63) is 77.6 Å². The lowest BCUT2D eigenvalue weighted by molar-refractivity contribution is -0.113. The van der Waals surface area contributed by atoms with Crippen LogP contribution in [-0.4, -0.2) is 26.2 Å². The number of imidazole rings is 1. The molecule has 0 saturated carbocycles. The average Bonchev–Trinajstić information content (AvgIpc) is 3.07. The maximum atomic E-state index is 12.4. The molecule has 2 aromatic heterocycles. The van der Waals surface area contributed by atoms with E-state index in [1.807, 2.05) is 24.3 Å². The summed E-state index contributed by atoms with van der Waals surface area (Å²) in [6, 6.07) is 19.6. The molecule has 0 bridgehead atoms. The zero-order valence-corrected chi connectivity index (χ0v) is 16.7. The SMILES string of the molecule is Cc1ccc(-n2c(SCC(=O)Nc3cccnc3Cl)nc3ccccc32)cc1. The number of carbonyl (C=O) groups is 1. The number of carbonyl (C=O) groups excluding carboxylic acids is 1. The molecule has 0 aliphatic heterocycles. The van der Waals surface area contributed by atoms with Gasteiger partial charge in [0.05, 0.1) is 22.5 Å². The first-order valence-electron chi connectivity index (χ1n) is 8.69. The standard InChI is InChI=1S/C21H17ClN4OS/c1-14-8-10-15(11-9-14)26-18-7-3-2-5-16(18)25-21(26)28-13-19(27)24-17-6-4-12-23-20(17)22/h2-12H,13H2,1H3,(H,24,27). The van der Waals surface area contributed by atoms with Gasteiger partial charge >= 0.3 is 0 Å². The Hall–Kier alpha value is -2.83. The van der Waals surface area contributed by atoms with E-state index in [0.29, 0.717) is 5.69 Å². The molecule has 28 heavy (non-hydrogen) atoms. The number of rotatable bonds is 5. The molecule has 0 aliphatic carbocycles. The fourth-order valence-corrected chi connectivity index (χ4v) is 3.83. The monoisotopic (exact) mass is 408 g/mol. The highest BCUT2D eigenvalue weighted by molar-refractivity contribution is 7.99. The highest BCUT2D eigenvalue weighted by Crippen LogP contribution is 2.28. The van der Waals surface area contributed by atoms with Crippen LogP contribution in [0.4, 0.5) is 5.69 Å². The van der Waals surface area contributed by atoms with Gasteiger partial charge in [0.15, 0.2) is 10.3 Å². The molecular formula is C21H17ClN4OS. The smallest absolute Gasteiger partial charge is 0.234 e. The van der Waals surface area contributed by atoms with Gasteiger partial charge in [-0.2, -0.15) is 0 Å². The van der Waals surface area contributed by atoms with Crippen molar-refractivity contribution in [3.63, 3.8) is 0 Å². The van der Waals surface area contributed by atoms with Gasteiger partial charge in [-0.05, 0) is 43.3 Å². The van der Waals surface area contributed by atoms with Gasteiger partial charge in [-0.15, -0.1) is 0 Å². The molecule has 0 aliphatic rings. The summed E-state index contributed by atoms with van der Waals surface area (Å²) in [6.45, 7) is 2.05. The van der Waals surface area contributed by atoms with Crippen LogP contribution < -0.4 is 5.32 Å². The Balaban J connectivity index is 1.60. The highest BCUT2D eigenvalue weighted by Gasteiger charge is 2.15. The molecule has 0 radical (unpaired) electrons. The number of aromatic nitrogens is 3. The minimum absolute atomic E-state index is 0.164. The minimum atomic E-state index is -0.164. The van der Waals surface area contributed by atoms with Gasteiger partial charge in [0, 0.05) is 11.9 Å². The number of nitrogens with one attached hydrogen (secondary N) is 1. The summed E-state index contributed by atoms with van der Waals surface area (Å²) in [5.74, 6) is 0.0443. The number of hydrogen-bond donors (Lipinski definition) is 1. The molecular weight excluding hydrogens is 392 g/mol. The molecule has 1 N–H and O–H groups in total. The third-order valence-electron chi connectivity index (χ3n) is 4.19. The number of thioether (sulfide) groups is 1. The van der Waals surface area contributed by atoms with E-state index in [9.17, 15) is 4.79 Å². The van der Waals surface area contributed by atoms with E-state index < -0.39 is 0 Å². The van der Waals surface area contributed by atoms with Crippen LogP contribution in [0.25, 0.3) is 16.7 Å². The van der Waals surface area contributed by atoms with E-state index in [4.69, 9.17) is 16.6 Å². The number of hydrogen-bond acceptors (Lipinski definition) is 4. The molecule has 7 heteroatoms. The number of pyridine rings is 1. The highest BCUT2D eigenvalue weighted by atomic mass is 35.5. The van der Waals surface area contributed by atoms with Crippen LogP contribution in [-0.2, 0) is 4.79 Å². The second-order valence-electron chi connectivity index (χ2n) is 6.23. The van der Waals surface area contributed by atoms with E-state index in [-0.39, 0.29) is 16.8 Å². The zero-order chi connectivity index (χ0) is 19.5. The number of aryl methyl sites for hydroxylation is 1. The summed E-state index contributed by atoms with van der Waals surface area (Å²) in [7, 11) is 0. The molecule has 140 valence electrons. The Morgan fingerprint density at radius 1 is 1.11 bits per heavy atom. The molecule has 0 saturated heterocycles. The van der Waals surface area contributed by atoms with Crippen molar-refractivity contribution in [1.82, 2.24) is 14.5 Å². The number of para-hydroxylation sites is 2. The van der Waals surface area contributed by atoms with E-state index in [0.717, 1.165) is 21.9 Å². The van der Waals surface area contributed by atoms with Gasteiger partial charge in [-0.3, -0.25) is 9.36 Å². The summed E-state index contributed by atoms with van der Waals surface area (Å²) in [6.07, 6.45) is 1.58. The van der Waals surface area contributed by atoms with E-state index in [1.54, 1.807) is 18.3 Å². The van der Waals surface area contributed by atoms with Crippen LogP contribution >= 0.6 is 23.4 Å². The normalized spacial score (nSPS) is 10.9. The molecule has 5 nitrogen and oxygen atoms in total. The average molecular weight is 409 g/mol. The Labute approximate surface area is 171 Å². The summed E-state index contributed by atoms with van der Waals surface area (Å²) in [5.41, 5.74) is 4.60. The lowest BCUT2D eigenvalue weighted by atomic mass is 10.2. The van der Waals surface area contributed by atoms with Crippen molar-refractivity contribution in [3.8, 4) is 5.69 Å². The second-order valence-corrected chi connectivity index (χ2v) is 7.53. The first kappa shape index (κ1) is 18.5. The molecule has 0 fully saturated rings. The summed E-state index contributed by atoms with van der Waals surface area (Å²) >= 11 is 7.39. The van der Waals surface area contributed by atoms with Crippen molar-refractivity contribution in [1.29, 1.82) is 0 Å². The summed E-state index contributed by atoms with van der Waals surface area (Å²) in [5, 5.41) is 3.82. The second kappa shape index (κ2) is 8.04. The number of benzene rings is 2. The van der Waals surface area contributed by atoms with E-state index in [1.165, 1.54) is 17.3 Å². The number of amides is 1. The summed E-state index contributed by atoms with van der Waals surface area (Å²) in [4.78, 5) is 21.1. The molecule has 4 rings (SSSR count). The van der Waals surface area contributed by atoms with Crippen LogP contribution in [0.5, 0.6) is 0 Å². The van der Waals surface area contributed by atoms with E-state index >= 15 is 0 Å². The third-order valence-corrected chi connectivity index (χ3v) is 5.43. The van der Waals surface area contributed by atoms with Gasteiger partial charge in [-0.1, -0.05) is 53.2 Å². The lowest BCUT2D eigenvalue weighted by Gasteiger charge is -2.10. The zero-order valence-electron chi connectivity index (χ0n) is 15.1. The van der Waals surface area contributed by atoms with Gasteiger partial charge in [0.2, 0.25) is 5.91 Å². The maximum Gasteiger partial charge on any atom is 0.234 e. The first-order chi connectivity index (χ1) is 13.6. The molecule has 4 aromatic rings. The number of nitrogens with zero attached hydrogens (tertiary/aromatic N) is 3. The van der Waals surface area contributed by atoms with Crippen molar-refractivity contribution in [2.75, 3.05) is 11.1 Å². The number of fused-ring (bicyclic) bond motifs is 1. The Morgan fingerprint density at radius 2 is 1.89 bits per heavy atom. The van der Waals surface area contributed by atoms with Crippen molar-refractivity contribution >= 4 is 46.0 Å². The predicted octanol–water partition coefficient (Wildman–Crippen LogP) is 5.11. The third kappa shape index (κ3) is 3.88. The van der Waals surface area contributed by atoms with Crippen LogP contribution in [0.2, 0.25) is 5.15 Å². The number of halogens is 1. The quantitative estimate of drug-likeness (QED) is 0.368. The maximum absolute atomic E-state index is 12.4. The minimum Gasteiger partial charge on any atom is -0.323 e.